The van der Waals surface area contributed by atoms with Gasteiger partial charge in [-0.05, 0) is 43.7 Å². The molecule has 0 amide bonds. The van der Waals surface area contributed by atoms with E-state index in [1.165, 1.54) is 6.42 Å². The summed E-state index contributed by atoms with van der Waals surface area (Å²) in [5.41, 5.74) is 0.850. The van der Waals surface area contributed by atoms with Crippen molar-refractivity contribution < 1.29 is 10.2 Å². The normalized spacial score (nSPS) is 21.9. The number of aliphatic hydroxyl groups is 2. The van der Waals surface area contributed by atoms with Gasteiger partial charge < -0.3 is 15.1 Å². The van der Waals surface area contributed by atoms with Gasteiger partial charge in [0.2, 0.25) is 0 Å². The third kappa shape index (κ3) is 3.21. The summed E-state index contributed by atoms with van der Waals surface area (Å²) in [4.78, 5) is 6.70. The Morgan fingerprint density at radius 2 is 2.33 bits per heavy atom. The SMILES string of the molecule is C[C@H](O)c1ccc(N2CCCC(CCO)C2)nc1. The Labute approximate surface area is 108 Å². The molecule has 1 fully saturated rings. The van der Waals surface area contributed by atoms with Crippen LogP contribution in [0.5, 0.6) is 0 Å². The van der Waals surface area contributed by atoms with Crippen LogP contribution in [0.15, 0.2) is 18.3 Å². The molecular weight excluding hydrogens is 228 g/mol. The van der Waals surface area contributed by atoms with E-state index in [1.54, 1.807) is 13.1 Å². The van der Waals surface area contributed by atoms with Gasteiger partial charge in [-0.15, -0.1) is 0 Å². The fraction of sp³-hybridized carbons (Fsp3) is 0.643. The molecule has 2 heterocycles. The molecule has 1 aliphatic rings. The van der Waals surface area contributed by atoms with Crippen LogP contribution in [-0.4, -0.2) is 34.9 Å². The maximum absolute atomic E-state index is 9.46. The lowest BCUT2D eigenvalue weighted by molar-refractivity contribution is 0.199. The summed E-state index contributed by atoms with van der Waals surface area (Å²) < 4.78 is 0. The second-order valence-corrected chi connectivity index (χ2v) is 5.09. The molecule has 1 aromatic heterocycles. The summed E-state index contributed by atoms with van der Waals surface area (Å²) in [5, 5.41) is 18.5. The zero-order chi connectivity index (χ0) is 13.0. The number of nitrogens with zero attached hydrogens (tertiary/aromatic N) is 2. The van der Waals surface area contributed by atoms with Gasteiger partial charge in [0.15, 0.2) is 0 Å². The number of hydrogen-bond acceptors (Lipinski definition) is 4. The van der Waals surface area contributed by atoms with Crippen LogP contribution in [-0.2, 0) is 0 Å². The number of hydrogen-bond donors (Lipinski definition) is 2. The van der Waals surface area contributed by atoms with Crippen LogP contribution < -0.4 is 4.90 Å². The van der Waals surface area contributed by atoms with Gasteiger partial charge in [0.05, 0.1) is 6.10 Å². The maximum Gasteiger partial charge on any atom is 0.128 e. The monoisotopic (exact) mass is 250 g/mol. The van der Waals surface area contributed by atoms with Crippen molar-refractivity contribution in [1.82, 2.24) is 4.98 Å². The van der Waals surface area contributed by atoms with Crippen molar-refractivity contribution in [2.75, 3.05) is 24.6 Å². The van der Waals surface area contributed by atoms with Crippen LogP contribution in [0.25, 0.3) is 0 Å². The molecule has 100 valence electrons. The van der Waals surface area contributed by atoms with Crippen LogP contribution in [0.1, 0.15) is 37.9 Å². The van der Waals surface area contributed by atoms with E-state index >= 15 is 0 Å². The molecule has 0 radical (unpaired) electrons. The third-order valence-electron chi connectivity index (χ3n) is 3.63. The Kier molecular flexibility index (Phi) is 4.55. The molecule has 2 rings (SSSR count). The second kappa shape index (κ2) is 6.16. The fourth-order valence-electron chi connectivity index (χ4n) is 2.52. The van der Waals surface area contributed by atoms with Crippen molar-refractivity contribution in [3.05, 3.63) is 23.9 Å². The first-order chi connectivity index (χ1) is 8.70. The quantitative estimate of drug-likeness (QED) is 0.854. The summed E-state index contributed by atoms with van der Waals surface area (Å²) in [7, 11) is 0. The van der Waals surface area contributed by atoms with E-state index in [0.717, 1.165) is 37.3 Å². The summed E-state index contributed by atoms with van der Waals surface area (Å²) >= 11 is 0. The number of pyridine rings is 1. The Morgan fingerprint density at radius 1 is 1.50 bits per heavy atom. The van der Waals surface area contributed by atoms with Crippen molar-refractivity contribution in [2.45, 2.75) is 32.3 Å². The van der Waals surface area contributed by atoms with Crippen LogP contribution in [0, 0.1) is 5.92 Å². The van der Waals surface area contributed by atoms with Gasteiger partial charge in [0.1, 0.15) is 5.82 Å². The van der Waals surface area contributed by atoms with Gasteiger partial charge >= 0.3 is 0 Å². The second-order valence-electron chi connectivity index (χ2n) is 5.09. The zero-order valence-corrected chi connectivity index (χ0v) is 10.9. The van der Waals surface area contributed by atoms with Crippen molar-refractivity contribution >= 4 is 5.82 Å². The van der Waals surface area contributed by atoms with E-state index in [1.807, 2.05) is 12.1 Å². The molecule has 4 heteroatoms. The summed E-state index contributed by atoms with van der Waals surface area (Å²) in [6, 6.07) is 3.91. The molecule has 1 aliphatic heterocycles. The van der Waals surface area contributed by atoms with E-state index in [4.69, 9.17) is 5.11 Å². The summed E-state index contributed by atoms with van der Waals surface area (Å²) in [5.74, 6) is 1.55. The van der Waals surface area contributed by atoms with Crippen molar-refractivity contribution in [3.8, 4) is 0 Å². The Hall–Kier alpha value is -1.13. The molecule has 4 nitrogen and oxygen atoms in total. The molecule has 1 saturated heterocycles. The van der Waals surface area contributed by atoms with E-state index < -0.39 is 6.10 Å². The summed E-state index contributed by atoms with van der Waals surface area (Å²) in [6.07, 6.45) is 4.51. The van der Waals surface area contributed by atoms with E-state index in [9.17, 15) is 5.11 Å². The van der Waals surface area contributed by atoms with E-state index in [-0.39, 0.29) is 6.61 Å². The maximum atomic E-state index is 9.46. The van der Waals surface area contributed by atoms with Gasteiger partial charge in [0.25, 0.3) is 0 Å². The van der Waals surface area contributed by atoms with Crippen LogP contribution in [0.3, 0.4) is 0 Å². The highest BCUT2D eigenvalue weighted by Crippen LogP contribution is 2.24. The highest BCUT2D eigenvalue weighted by molar-refractivity contribution is 5.40. The minimum absolute atomic E-state index is 0.271. The predicted molar refractivity (Wildman–Crippen MR) is 71.5 cm³/mol. The molecule has 2 atom stereocenters. The smallest absolute Gasteiger partial charge is 0.128 e. The minimum atomic E-state index is -0.463. The Morgan fingerprint density at radius 3 is 2.94 bits per heavy atom. The van der Waals surface area contributed by atoms with E-state index in [2.05, 4.69) is 9.88 Å². The number of aromatic nitrogens is 1. The van der Waals surface area contributed by atoms with E-state index in [0.29, 0.717) is 5.92 Å². The lowest BCUT2D eigenvalue weighted by Crippen LogP contribution is -2.36. The fourth-order valence-corrected chi connectivity index (χ4v) is 2.52. The topological polar surface area (TPSA) is 56.6 Å². The average molecular weight is 250 g/mol. The predicted octanol–water partition coefficient (Wildman–Crippen LogP) is 1.73. The molecule has 18 heavy (non-hydrogen) atoms. The minimum Gasteiger partial charge on any atom is -0.396 e. The molecule has 0 aliphatic carbocycles. The van der Waals surface area contributed by atoms with Crippen molar-refractivity contribution in [1.29, 1.82) is 0 Å². The third-order valence-corrected chi connectivity index (χ3v) is 3.63. The number of piperidine rings is 1. The molecular formula is C14H22N2O2. The average Bonchev–Trinajstić information content (AvgIpc) is 2.39. The van der Waals surface area contributed by atoms with Gasteiger partial charge in [0, 0.05) is 25.9 Å². The number of anilines is 1. The Bertz CT molecular complexity index is 363. The molecule has 0 saturated carbocycles. The molecule has 0 aromatic carbocycles. The van der Waals surface area contributed by atoms with Gasteiger partial charge in [-0.1, -0.05) is 6.07 Å². The first-order valence-electron chi connectivity index (χ1n) is 6.70. The van der Waals surface area contributed by atoms with Crippen LogP contribution in [0.2, 0.25) is 0 Å². The number of rotatable bonds is 4. The first kappa shape index (κ1) is 13.3. The standard InChI is InChI=1S/C14H22N2O2/c1-11(18)13-4-5-14(15-9-13)16-7-2-3-12(10-16)6-8-17/h4-5,9,11-12,17-18H,2-3,6-8,10H2,1H3/t11-,12?/m0/s1. The molecule has 0 bridgehead atoms. The van der Waals surface area contributed by atoms with Gasteiger partial charge in [-0.25, -0.2) is 4.98 Å². The Balaban J connectivity index is 2.02. The largest absolute Gasteiger partial charge is 0.396 e. The molecule has 2 N–H and O–H groups in total. The first-order valence-corrected chi connectivity index (χ1v) is 6.70. The molecule has 1 unspecified atom stereocenters. The van der Waals surface area contributed by atoms with Crippen molar-refractivity contribution in [2.24, 2.45) is 5.92 Å². The zero-order valence-electron chi connectivity index (χ0n) is 10.9. The van der Waals surface area contributed by atoms with Gasteiger partial charge in [-0.3, -0.25) is 0 Å². The highest BCUT2D eigenvalue weighted by atomic mass is 16.3. The van der Waals surface area contributed by atoms with Crippen LogP contribution >= 0.6 is 0 Å². The van der Waals surface area contributed by atoms with Crippen LogP contribution in [0.4, 0.5) is 5.82 Å². The highest BCUT2D eigenvalue weighted by Gasteiger charge is 2.20. The molecule has 1 aromatic rings. The lowest BCUT2D eigenvalue weighted by Gasteiger charge is -2.33. The van der Waals surface area contributed by atoms with Gasteiger partial charge in [-0.2, -0.15) is 0 Å². The summed E-state index contributed by atoms with van der Waals surface area (Å²) in [6.45, 7) is 4.02. The lowest BCUT2D eigenvalue weighted by atomic mass is 9.95. The number of aliphatic hydroxyl groups excluding tert-OH is 2. The van der Waals surface area contributed by atoms with Crippen molar-refractivity contribution in [3.63, 3.8) is 0 Å². The molecule has 0 spiro atoms.